The Morgan fingerprint density at radius 1 is 1.37 bits per heavy atom. The summed E-state index contributed by atoms with van der Waals surface area (Å²) in [6, 6.07) is 0. The normalized spacial score (nSPS) is 23.4. The first-order valence-corrected chi connectivity index (χ1v) is 9.81. The zero-order valence-electron chi connectivity index (χ0n) is 15.9. The number of aliphatic imine (C=N–C) groups is 1. The van der Waals surface area contributed by atoms with Gasteiger partial charge in [-0.25, -0.2) is 0 Å². The molecule has 3 N–H and O–H groups in total. The standard InChI is InChI=1S/C21H27ClN4O/c1-3-5-16-7-6-15(9-19(16)25-8-4-2)10-26-20-14-24-13-18(22)21(20)27-17-11-23-12-17/h4-9,14,17,23-24,26H,3,10-13H2,1-2H3/b8-4-,16-5+,25-19+. The van der Waals surface area contributed by atoms with E-state index in [4.69, 9.17) is 16.3 Å². The van der Waals surface area contributed by atoms with Crippen LogP contribution in [-0.4, -0.2) is 38.0 Å². The molecule has 0 radical (unpaired) electrons. The lowest BCUT2D eigenvalue weighted by molar-refractivity contribution is 0.0729. The van der Waals surface area contributed by atoms with Crippen LogP contribution in [0.1, 0.15) is 20.3 Å². The van der Waals surface area contributed by atoms with Crippen LogP contribution in [-0.2, 0) is 4.74 Å². The summed E-state index contributed by atoms with van der Waals surface area (Å²) in [4.78, 5) is 4.56. The van der Waals surface area contributed by atoms with Crippen molar-refractivity contribution in [3.8, 4) is 0 Å². The molecule has 3 rings (SSSR count). The highest BCUT2D eigenvalue weighted by Gasteiger charge is 2.24. The van der Waals surface area contributed by atoms with Crippen molar-refractivity contribution in [2.75, 3.05) is 26.2 Å². The van der Waals surface area contributed by atoms with Gasteiger partial charge >= 0.3 is 0 Å². The van der Waals surface area contributed by atoms with Crippen LogP contribution in [0.2, 0.25) is 0 Å². The van der Waals surface area contributed by atoms with Crippen LogP contribution in [0.5, 0.6) is 0 Å². The van der Waals surface area contributed by atoms with E-state index >= 15 is 0 Å². The highest BCUT2D eigenvalue weighted by molar-refractivity contribution is 6.30. The second-order valence-corrected chi connectivity index (χ2v) is 7.00. The predicted molar refractivity (Wildman–Crippen MR) is 113 cm³/mol. The second kappa shape index (κ2) is 9.62. The Balaban J connectivity index is 1.68. The van der Waals surface area contributed by atoms with E-state index in [0.29, 0.717) is 18.1 Å². The number of allylic oxidation sites excluding steroid dienone is 5. The SMILES string of the molecule is C\C=C/N=C1\C=C(CNC2=CNCC(Cl)=C2OC2CNC2)C=C\C1=C/CC. The highest BCUT2D eigenvalue weighted by Crippen LogP contribution is 2.23. The summed E-state index contributed by atoms with van der Waals surface area (Å²) in [7, 11) is 0. The van der Waals surface area contributed by atoms with Gasteiger partial charge in [-0.15, -0.1) is 0 Å². The highest BCUT2D eigenvalue weighted by atomic mass is 35.5. The maximum atomic E-state index is 6.39. The number of dihydropyridines is 1. The van der Waals surface area contributed by atoms with Gasteiger partial charge in [0.05, 0.1) is 23.0 Å². The monoisotopic (exact) mass is 386 g/mol. The maximum Gasteiger partial charge on any atom is 0.160 e. The minimum absolute atomic E-state index is 0.187. The average molecular weight is 387 g/mol. The molecule has 1 aliphatic carbocycles. The Morgan fingerprint density at radius 3 is 2.93 bits per heavy atom. The lowest BCUT2D eigenvalue weighted by Crippen LogP contribution is -2.49. The lowest BCUT2D eigenvalue weighted by atomic mass is 9.99. The molecule has 2 heterocycles. The van der Waals surface area contributed by atoms with Crippen LogP contribution in [0.3, 0.4) is 0 Å². The van der Waals surface area contributed by atoms with Crippen LogP contribution in [0.15, 0.2) is 75.4 Å². The van der Waals surface area contributed by atoms with E-state index in [1.54, 1.807) is 0 Å². The van der Waals surface area contributed by atoms with Crippen molar-refractivity contribution in [1.82, 2.24) is 16.0 Å². The van der Waals surface area contributed by atoms with Crippen LogP contribution in [0.4, 0.5) is 0 Å². The average Bonchev–Trinajstić information content (AvgIpc) is 2.64. The van der Waals surface area contributed by atoms with E-state index < -0.39 is 0 Å². The van der Waals surface area contributed by atoms with Gasteiger partial charge in [0.1, 0.15) is 6.10 Å². The van der Waals surface area contributed by atoms with Crippen LogP contribution >= 0.6 is 11.6 Å². The number of nitrogens with one attached hydrogen (secondary N) is 3. The first kappa shape index (κ1) is 19.5. The molecule has 1 saturated heterocycles. The van der Waals surface area contributed by atoms with Gasteiger partial charge in [0.25, 0.3) is 0 Å². The molecule has 5 nitrogen and oxygen atoms in total. The molecule has 0 saturated carbocycles. The molecule has 0 unspecified atom stereocenters. The van der Waals surface area contributed by atoms with E-state index in [-0.39, 0.29) is 6.10 Å². The third kappa shape index (κ3) is 5.15. The minimum atomic E-state index is 0.187. The molecule has 0 amide bonds. The second-order valence-electron chi connectivity index (χ2n) is 6.54. The van der Waals surface area contributed by atoms with E-state index in [2.05, 4.69) is 52.2 Å². The van der Waals surface area contributed by atoms with E-state index in [1.807, 2.05) is 25.4 Å². The third-order valence-corrected chi connectivity index (χ3v) is 4.69. The van der Waals surface area contributed by atoms with E-state index in [1.165, 1.54) is 0 Å². The molecule has 0 bridgehead atoms. The summed E-state index contributed by atoms with van der Waals surface area (Å²) in [6.45, 7) is 7.08. The molecule has 3 aliphatic rings. The molecule has 0 aromatic rings. The molecule has 0 aromatic heterocycles. The molecule has 27 heavy (non-hydrogen) atoms. The Bertz CT molecular complexity index is 767. The van der Waals surface area contributed by atoms with Crippen molar-refractivity contribution in [3.05, 3.63) is 70.4 Å². The maximum absolute atomic E-state index is 6.39. The van der Waals surface area contributed by atoms with Gasteiger partial charge in [0.2, 0.25) is 0 Å². The Labute approximate surface area is 166 Å². The minimum Gasteiger partial charge on any atom is -0.484 e. The Morgan fingerprint density at radius 2 is 2.22 bits per heavy atom. The third-order valence-electron chi connectivity index (χ3n) is 4.39. The smallest absolute Gasteiger partial charge is 0.160 e. The van der Waals surface area contributed by atoms with Crippen molar-refractivity contribution in [3.63, 3.8) is 0 Å². The molecular formula is C21H27ClN4O. The first-order valence-electron chi connectivity index (χ1n) is 9.43. The van der Waals surface area contributed by atoms with Gasteiger partial charge in [-0.05, 0) is 30.6 Å². The fourth-order valence-corrected chi connectivity index (χ4v) is 3.08. The fourth-order valence-electron chi connectivity index (χ4n) is 2.86. The zero-order valence-corrected chi connectivity index (χ0v) is 16.6. The molecule has 0 spiro atoms. The number of rotatable bonds is 7. The summed E-state index contributed by atoms with van der Waals surface area (Å²) in [5, 5.41) is 10.5. The van der Waals surface area contributed by atoms with Crippen LogP contribution < -0.4 is 16.0 Å². The number of hydrogen-bond donors (Lipinski definition) is 3. The quantitative estimate of drug-likeness (QED) is 0.628. The largest absolute Gasteiger partial charge is 0.484 e. The van der Waals surface area contributed by atoms with Crippen LogP contribution in [0, 0.1) is 0 Å². The van der Waals surface area contributed by atoms with Gasteiger partial charge in [0.15, 0.2) is 5.76 Å². The molecule has 2 aliphatic heterocycles. The van der Waals surface area contributed by atoms with Crippen molar-refractivity contribution < 1.29 is 4.74 Å². The fraction of sp³-hybridized carbons (Fsp3) is 0.381. The number of halogens is 1. The summed E-state index contributed by atoms with van der Waals surface area (Å²) in [6.07, 6.45) is 15.4. The summed E-state index contributed by atoms with van der Waals surface area (Å²) in [5.74, 6) is 0.747. The number of ether oxygens (including phenoxy) is 1. The van der Waals surface area contributed by atoms with Crippen molar-refractivity contribution in [1.29, 1.82) is 0 Å². The molecule has 1 fully saturated rings. The summed E-state index contributed by atoms with van der Waals surface area (Å²) >= 11 is 6.39. The first-order chi connectivity index (χ1) is 13.2. The number of nitrogens with zero attached hydrogens (tertiary/aromatic N) is 1. The summed E-state index contributed by atoms with van der Waals surface area (Å²) in [5.41, 5.74) is 4.17. The lowest BCUT2D eigenvalue weighted by Gasteiger charge is -2.31. The van der Waals surface area contributed by atoms with Gasteiger partial charge in [-0.3, -0.25) is 4.99 Å². The molecule has 144 valence electrons. The molecule has 0 aromatic carbocycles. The van der Waals surface area contributed by atoms with Gasteiger partial charge in [0, 0.05) is 32.0 Å². The van der Waals surface area contributed by atoms with Gasteiger partial charge in [-0.2, -0.15) is 0 Å². The molecule has 0 atom stereocenters. The zero-order chi connectivity index (χ0) is 19.1. The van der Waals surface area contributed by atoms with Crippen molar-refractivity contribution in [2.45, 2.75) is 26.4 Å². The summed E-state index contributed by atoms with van der Waals surface area (Å²) < 4.78 is 6.05. The van der Waals surface area contributed by atoms with E-state index in [9.17, 15) is 0 Å². The van der Waals surface area contributed by atoms with Gasteiger partial charge < -0.3 is 20.7 Å². The van der Waals surface area contributed by atoms with Gasteiger partial charge in [-0.1, -0.05) is 42.8 Å². The number of hydrogen-bond acceptors (Lipinski definition) is 5. The van der Waals surface area contributed by atoms with Crippen molar-refractivity contribution in [2.24, 2.45) is 4.99 Å². The molecule has 6 heteroatoms. The Hall–Kier alpha value is -2.24. The van der Waals surface area contributed by atoms with E-state index in [0.717, 1.165) is 47.8 Å². The molecular weight excluding hydrogens is 360 g/mol. The topological polar surface area (TPSA) is 57.7 Å². The van der Waals surface area contributed by atoms with Crippen LogP contribution in [0.25, 0.3) is 0 Å². The Kier molecular flexibility index (Phi) is 6.96. The van der Waals surface area contributed by atoms with Crippen molar-refractivity contribution >= 4 is 17.3 Å². The predicted octanol–water partition coefficient (Wildman–Crippen LogP) is 3.27.